The summed E-state index contributed by atoms with van der Waals surface area (Å²) in [4.78, 5) is 0. The highest BCUT2D eigenvalue weighted by molar-refractivity contribution is 5.44. The summed E-state index contributed by atoms with van der Waals surface area (Å²) in [5.41, 5.74) is 0.0245. The van der Waals surface area contributed by atoms with E-state index in [1.165, 1.54) is 12.1 Å². The summed E-state index contributed by atoms with van der Waals surface area (Å²) in [6.07, 6.45) is -3.93. The Kier molecular flexibility index (Phi) is 4.07. The zero-order chi connectivity index (χ0) is 14.8. The maximum Gasteiger partial charge on any atom is 0.453 e. The van der Waals surface area contributed by atoms with Crippen molar-refractivity contribution in [3.05, 3.63) is 18.0 Å². The van der Waals surface area contributed by atoms with E-state index in [0.29, 0.717) is 23.9 Å². The van der Waals surface area contributed by atoms with Gasteiger partial charge in [-0.2, -0.15) is 17.7 Å². The number of hydrogen-bond donors (Lipinski definition) is 2. The van der Waals surface area contributed by atoms with E-state index in [2.05, 4.69) is 20.6 Å². The van der Waals surface area contributed by atoms with Gasteiger partial charge in [0.05, 0.1) is 6.10 Å². The van der Waals surface area contributed by atoms with Crippen LogP contribution >= 0.6 is 0 Å². The maximum atomic E-state index is 12.7. The van der Waals surface area contributed by atoms with Crippen molar-refractivity contribution in [2.24, 2.45) is 0 Å². The molecular weight excluding hydrogens is 275 g/mol. The van der Waals surface area contributed by atoms with Crippen molar-refractivity contribution in [2.45, 2.75) is 32.0 Å². The maximum absolute atomic E-state index is 12.7. The summed E-state index contributed by atoms with van der Waals surface area (Å²) in [6, 6.07) is 2.91. The lowest BCUT2D eigenvalue weighted by atomic mass is 10.2. The van der Waals surface area contributed by atoms with Gasteiger partial charge in [0.1, 0.15) is 5.82 Å². The van der Waals surface area contributed by atoms with Crippen LogP contribution in [0.15, 0.2) is 12.1 Å². The average molecular weight is 289 g/mol. The predicted octanol–water partition coefficient (Wildman–Crippen LogP) is 1.72. The summed E-state index contributed by atoms with van der Waals surface area (Å²) in [7, 11) is 0. The van der Waals surface area contributed by atoms with Crippen LogP contribution in [0.5, 0.6) is 0 Å². The van der Waals surface area contributed by atoms with Crippen LogP contribution in [-0.4, -0.2) is 37.6 Å². The number of halogens is 3. The number of aliphatic hydroxyl groups excluding tert-OH is 1. The van der Waals surface area contributed by atoms with Gasteiger partial charge in [-0.1, -0.05) is 6.92 Å². The summed E-state index contributed by atoms with van der Waals surface area (Å²) in [6.45, 7) is 2.26. The van der Waals surface area contributed by atoms with Crippen LogP contribution < -0.4 is 5.32 Å². The number of nitrogens with zero attached hydrogens (tertiary/aromatic N) is 4. The Balaban J connectivity index is 2.16. The number of rotatable bonds is 5. The molecule has 0 aliphatic carbocycles. The third-order valence-electron chi connectivity index (χ3n) is 2.77. The Morgan fingerprint density at radius 3 is 2.75 bits per heavy atom. The smallest absolute Gasteiger partial charge is 0.393 e. The molecule has 0 saturated carbocycles. The Bertz CT molecular complexity index is 583. The van der Waals surface area contributed by atoms with Crippen molar-refractivity contribution in [3.63, 3.8) is 0 Å². The first kappa shape index (κ1) is 14.5. The normalized spacial score (nSPS) is 13.7. The molecule has 2 rings (SSSR count). The zero-order valence-electron chi connectivity index (χ0n) is 10.7. The lowest BCUT2D eigenvalue weighted by Gasteiger charge is -2.09. The van der Waals surface area contributed by atoms with E-state index in [4.69, 9.17) is 0 Å². The summed E-state index contributed by atoms with van der Waals surface area (Å²) in [5.74, 6) is -0.893. The fourth-order valence-corrected chi connectivity index (χ4v) is 1.63. The molecule has 9 heteroatoms. The van der Waals surface area contributed by atoms with Crippen molar-refractivity contribution in [3.8, 4) is 0 Å². The third kappa shape index (κ3) is 3.16. The largest absolute Gasteiger partial charge is 0.453 e. The predicted molar refractivity (Wildman–Crippen MR) is 65.2 cm³/mol. The van der Waals surface area contributed by atoms with Gasteiger partial charge in [-0.15, -0.1) is 15.3 Å². The molecule has 0 aromatic carbocycles. The van der Waals surface area contributed by atoms with Crippen LogP contribution in [0.25, 0.3) is 5.65 Å². The quantitative estimate of drug-likeness (QED) is 0.876. The monoisotopic (exact) mass is 289 g/mol. The number of alkyl halides is 3. The molecule has 0 fully saturated rings. The molecule has 0 amide bonds. The van der Waals surface area contributed by atoms with E-state index in [0.717, 1.165) is 0 Å². The molecule has 0 radical (unpaired) electrons. The van der Waals surface area contributed by atoms with Gasteiger partial charge in [-0.3, -0.25) is 0 Å². The standard InChI is InChI=1S/C11H14F3N5O/c1-2-7(20)5-6-15-8-3-4-9-16-17-10(11(12,13)14)19(9)18-8/h3-4,7,20H,2,5-6H2,1H3,(H,15,18). The summed E-state index contributed by atoms with van der Waals surface area (Å²) < 4.78 is 38.7. The summed E-state index contributed by atoms with van der Waals surface area (Å²) in [5, 5.41) is 22.5. The van der Waals surface area contributed by atoms with Crippen LogP contribution in [0.3, 0.4) is 0 Å². The molecule has 1 atom stereocenters. The fraction of sp³-hybridized carbons (Fsp3) is 0.545. The minimum atomic E-state index is -4.61. The molecule has 2 aromatic heterocycles. The van der Waals surface area contributed by atoms with Gasteiger partial charge in [0, 0.05) is 6.54 Å². The second kappa shape index (κ2) is 5.61. The van der Waals surface area contributed by atoms with Crippen LogP contribution in [0.4, 0.5) is 19.0 Å². The van der Waals surface area contributed by atoms with Gasteiger partial charge in [0.25, 0.3) is 5.82 Å². The molecule has 6 nitrogen and oxygen atoms in total. The Morgan fingerprint density at radius 2 is 2.10 bits per heavy atom. The molecular formula is C11H14F3N5O. The zero-order valence-corrected chi connectivity index (χ0v) is 10.7. The van der Waals surface area contributed by atoms with Gasteiger partial charge >= 0.3 is 6.18 Å². The van der Waals surface area contributed by atoms with Crippen molar-refractivity contribution >= 4 is 11.5 Å². The molecule has 0 spiro atoms. The first-order chi connectivity index (χ1) is 9.41. The molecule has 0 aliphatic rings. The second-order valence-electron chi connectivity index (χ2n) is 4.29. The second-order valence-corrected chi connectivity index (χ2v) is 4.29. The molecule has 2 N–H and O–H groups in total. The van der Waals surface area contributed by atoms with Crippen LogP contribution in [0.1, 0.15) is 25.6 Å². The highest BCUT2D eigenvalue weighted by atomic mass is 19.4. The van der Waals surface area contributed by atoms with Crippen LogP contribution in [0, 0.1) is 0 Å². The van der Waals surface area contributed by atoms with E-state index in [9.17, 15) is 18.3 Å². The van der Waals surface area contributed by atoms with E-state index >= 15 is 0 Å². The third-order valence-corrected chi connectivity index (χ3v) is 2.77. The van der Waals surface area contributed by atoms with Gasteiger partial charge in [-0.05, 0) is 25.0 Å². The van der Waals surface area contributed by atoms with Gasteiger partial charge in [0.15, 0.2) is 5.65 Å². The number of aliphatic hydroxyl groups is 1. The molecule has 110 valence electrons. The summed E-state index contributed by atoms with van der Waals surface area (Å²) >= 11 is 0. The number of anilines is 1. The molecule has 1 unspecified atom stereocenters. The van der Waals surface area contributed by atoms with E-state index in [-0.39, 0.29) is 11.5 Å². The van der Waals surface area contributed by atoms with Gasteiger partial charge in [-0.25, -0.2) is 0 Å². The van der Waals surface area contributed by atoms with E-state index in [1.54, 1.807) is 0 Å². The highest BCUT2D eigenvalue weighted by Gasteiger charge is 2.37. The fourth-order valence-electron chi connectivity index (χ4n) is 1.63. The number of nitrogens with one attached hydrogen (secondary N) is 1. The molecule has 0 bridgehead atoms. The number of fused-ring (bicyclic) bond motifs is 1. The molecule has 2 heterocycles. The molecule has 20 heavy (non-hydrogen) atoms. The van der Waals surface area contributed by atoms with Crippen molar-refractivity contribution < 1.29 is 18.3 Å². The van der Waals surface area contributed by atoms with E-state index < -0.39 is 18.1 Å². The SMILES string of the molecule is CCC(O)CCNc1ccc2nnc(C(F)(F)F)n2n1. The van der Waals surface area contributed by atoms with Gasteiger partial charge < -0.3 is 10.4 Å². The number of aromatic nitrogens is 4. The first-order valence-corrected chi connectivity index (χ1v) is 6.13. The highest BCUT2D eigenvalue weighted by Crippen LogP contribution is 2.27. The topological polar surface area (TPSA) is 75.3 Å². The van der Waals surface area contributed by atoms with Crippen LogP contribution in [0.2, 0.25) is 0 Å². The minimum absolute atomic E-state index is 0.0245. The average Bonchev–Trinajstić information content (AvgIpc) is 2.81. The molecule has 0 aliphatic heterocycles. The van der Waals surface area contributed by atoms with E-state index in [1.807, 2.05) is 6.92 Å². The minimum Gasteiger partial charge on any atom is -0.393 e. The van der Waals surface area contributed by atoms with Gasteiger partial charge in [0.2, 0.25) is 0 Å². The molecule has 2 aromatic rings. The number of hydrogen-bond acceptors (Lipinski definition) is 5. The lowest BCUT2D eigenvalue weighted by molar-refractivity contribution is -0.146. The molecule has 0 saturated heterocycles. The Morgan fingerprint density at radius 1 is 1.35 bits per heavy atom. The Labute approximate surface area is 112 Å². The van der Waals surface area contributed by atoms with Crippen molar-refractivity contribution in [1.29, 1.82) is 0 Å². The van der Waals surface area contributed by atoms with Crippen LogP contribution in [-0.2, 0) is 6.18 Å². The Hall–Kier alpha value is -1.90. The van der Waals surface area contributed by atoms with Crippen molar-refractivity contribution in [2.75, 3.05) is 11.9 Å². The lowest BCUT2D eigenvalue weighted by Crippen LogP contribution is -2.15. The first-order valence-electron chi connectivity index (χ1n) is 6.13. The van der Waals surface area contributed by atoms with Crippen molar-refractivity contribution in [1.82, 2.24) is 19.8 Å².